The Morgan fingerprint density at radius 2 is 1.79 bits per heavy atom. The SMILES string of the molecule is CC(=O)N(CC(=O)O)C(c1ccccc1)C(F)(F)F. The normalized spacial score (nSPS) is 12.8. The van der Waals surface area contributed by atoms with Crippen LogP contribution in [0.1, 0.15) is 18.5 Å². The Labute approximate surface area is 107 Å². The molecule has 0 fully saturated rings. The number of hydrogen-bond acceptors (Lipinski definition) is 2. The molecule has 0 saturated carbocycles. The van der Waals surface area contributed by atoms with E-state index in [2.05, 4.69) is 0 Å². The maximum absolute atomic E-state index is 13.1. The van der Waals surface area contributed by atoms with Gasteiger partial charge in [-0.3, -0.25) is 9.59 Å². The van der Waals surface area contributed by atoms with Crippen molar-refractivity contribution in [3.05, 3.63) is 35.9 Å². The zero-order valence-electron chi connectivity index (χ0n) is 10.0. The molecule has 4 nitrogen and oxygen atoms in total. The number of alkyl halides is 3. The highest BCUT2D eigenvalue weighted by Crippen LogP contribution is 2.37. The van der Waals surface area contributed by atoms with Gasteiger partial charge in [-0.25, -0.2) is 0 Å². The third kappa shape index (κ3) is 3.97. The summed E-state index contributed by atoms with van der Waals surface area (Å²) in [5, 5.41) is 8.63. The van der Waals surface area contributed by atoms with E-state index in [1.165, 1.54) is 30.3 Å². The number of nitrogens with zero attached hydrogens (tertiary/aromatic N) is 1. The molecule has 1 aromatic rings. The number of halogens is 3. The quantitative estimate of drug-likeness (QED) is 0.916. The Morgan fingerprint density at radius 3 is 2.16 bits per heavy atom. The number of aliphatic carboxylic acids is 1. The molecule has 0 aliphatic heterocycles. The van der Waals surface area contributed by atoms with Crippen molar-refractivity contribution in [3.63, 3.8) is 0 Å². The van der Waals surface area contributed by atoms with Gasteiger partial charge in [0.15, 0.2) is 6.04 Å². The van der Waals surface area contributed by atoms with E-state index < -0.39 is 30.6 Å². The van der Waals surface area contributed by atoms with Gasteiger partial charge in [-0.05, 0) is 5.56 Å². The first-order valence-corrected chi connectivity index (χ1v) is 5.34. The van der Waals surface area contributed by atoms with Gasteiger partial charge < -0.3 is 10.0 Å². The number of carboxylic acid groups (broad SMARTS) is 1. The van der Waals surface area contributed by atoms with Gasteiger partial charge in [0, 0.05) is 6.92 Å². The van der Waals surface area contributed by atoms with Crippen LogP contribution in [0.2, 0.25) is 0 Å². The van der Waals surface area contributed by atoms with Crippen LogP contribution < -0.4 is 0 Å². The second kappa shape index (κ2) is 5.73. The minimum Gasteiger partial charge on any atom is -0.480 e. The van der Waals surface area contributed by atoms with Gasteiger partial charge in [0.1, 0.15) is 6.54 Å². The molecule has 0 aromatic heterocycles. The standard InChI is InChI=1S/C12H12F3NO3/c1-8(17)16(7-10(18)19)11(12(13,14)15)9-5-3-2-4-6-9/h2-6,11H,7H2,1H3,(H,18,19). The first-order chi connectivity index (χ1) is 8.73. The molecule has 1 atom stereocenters. The van der Waals surface area contributed by atoms with Crippen LogP contribution in [0.3, 0.4) is 0 Å². The molecule has 0 saturated heterocycles. The van der Waals surface area contributed by atoms with Gasteiger partial charge in [-0.15, -0.1) is 0 Å². The van der Waals surface area contributed by atoms with Gasteiger partial charge in [-0.1, -0.05) is 30.3 Å². The Morgan fingerprint density at radius 1 is 1.26 bits per heavy atom. The second-order valence-electron chi connectivity index (χ2n) is 3.90. The minimum absolute atomic E-state index is 0.175. The fraction of sp³-hybridized carbons (Fsp3) is 0.333. The molecule has 0 heterocycles. The third-order valence-corrected chi connectivity index (χ3v) is 2.45. The highest BCUT2D eigenvalue weighted by atomic mass is 19.4. The van der Waals surface area contributed by atoms with Gasteiger partial charge >= 0.3 is 12.1 Å². The summed E-state index contributed by atoms with van der Waals surface area (Å²) in [5.74, 6) is -2.45. The maximum atomic E-state index is 13.1. The third-order valence-electron chi connectivity index (χ3n) is 2.45. The lowest BCUT2D eigenvalue weighted by Gasteiger charge is -2.31. The smallest absolute Gasteiger partial charge is 0.413 e. The highest BCUT2D eigenvalue weighted by Gasteiger charge is 2.46. The Hall–Kier alpha value is -2.05. The maximum Gasteiger partial charge on any atom is 0.413 e. The molecular formula is C12H12F3NO3. The molecule has 0 bridgehead atoms. The lowest BCUT2D eigenvalue weighted by Crippen LogP contribution is -2.43. The molecule has 0 radical (unpaired) electrons. The van der Waals surface area contributed by atoms with E-state index in [0.717, 1.165) is 6.92 Å². The van der Waals surface area contributed by atoms with E-state index in [1.807, 2.05) is 0 Å². The van der Waals surface area contributed by atoms with Crippen LogP contribution >= 0.6 is 0 Å². The van der Waals surface area contributed by atoms with Crippen molar-refractivity contribution in [3.8, 4) is 0 Å². The van der Waals surface area contributed by atoms with E-state index in [0.29, 0.717) is 0 Å². The first-order valence-electron chi connectivity index (χ1n) is 5.34. The van der Waals surface area contributed by atoms with Crippen LogP contribution in [0.5, 0.6) is 0 Å². The molecule has 0 aliphatic carbocycles. The fourth-order valence-corrected chi connectivity index (χ4v) is 1.71. The summed E-state index contributed by atoms with van der Waals surface area (Å²) < 4.78 is 39.2. The van der Waals surface area contributed by atoms with Crippen molar-refractivity contribution < 1.29 is 27.9 Å². The van der Waals surface area contributed by atoms with Crippen LogP contribution in [0.4, 0.5) is 13.2 Å². The number of carboxylic acids is 1. The molecule has 1 unspecified atom stereocenters. The van der Waals surface area contributed by atoms with Gasteiger partial charge in [0.25, 0.3) is 0 Å². The molecule has 1 rings (SSSR count). The van der Waals surface area contributed by atoms with Crippen LogP contribution in [0, 0.1) is 0 Å². The molecule has 1 aromatic carbocycles. The summed E-state index contributed by atoms with van der Waals surface area (Å²) in [6.07, 6.45) is -4.75. The predicted molar refractivity (Wildman–Crippen MR) is 60.3 cm³/mol. The van der Waals surface area contributed by atoms with E-state index in [-0.39, 0.29) is 10.5 Å². The zero-order valence-corrected chi connectivity index (χ0v) is 10.0. The molecule has 0 spiro atoms. The molecule has 1 N–H and O–H groups in total. The monoisotopic (exact) mass is 275 g/mol. The fourth-order valence-electron chi connectivity index (χ4n) is 1.71. The van der Waals surface area contributed by atoms with Crippen molar-refractivity contribution in [1.29, 1.82) is 0 Å². The lowest BCUT2D eigenvalue weighted by atomic mass is 10.0. The number of carbonyl (C=O) groups is 2. The summed E-state index contributed by atoms with van der Waals surface area (Å²) >= 11 is 0. The van der Waals surface area contributed by atoms with Gasteiger partial charge in [0.05, 0.1) is 0 Å². The van der Waals surface area contributed by atoms with Crippen LogP contribution in [-0.2, 0) is 9.59 Å². The summed E-state index contributed by atoms with van der Waals surface area (Å²) in [6, 6.07) is 4.47. The summed E-state index contributed by atoms with van der Waals surface area (Å²) in [7, 11) is 0. The Kier molecular flexibility index (Phi) is 4.52. The van der Waals surface area contributed by atoms with E-state index in [1.54, 1.807) is 0 Å². The van der Waals surface area contributed by atoms with Crippen molar-refractivity contribution in [1.82, 2.24) is 4.90 Å². The highest BCUT2D eigenvalue weighted by molar-refractivity contribution is 5.80. The number of amides is 1. The number of rotatable bonds is 4. The first kappa shape index (κ1) is 15.0. The van der Waals surface area contributed by atoms with Gasteiger partial charge in [-0.2, -0.15) is 13.2 Å². The van der Waals surface area contributed by atoms with Crippen molar-refractivity contribution in [2.24, 2.45) is 0 Å². The lowest BCUT2D eigenvalue weighted by molar-refractivity contribution is -0.193. The number of benzene rings is 1. The summed E-state index contributed by atoms with van der Waals surface area (Å²) in [5.41, 5.74) is -0.175. The summed E-state index contributed by atoms with van der Waals surface area (Å²) in [6.45, 7) is -0.0982. The molecular weight excluding hydrogens is 263 g/mol. The van der Waals surface area contributed by atoms with Crippen molar-refractivity contribution >= 4 is 11.9 Å². The van der Waals surface area contributed by atoms with E-state index in [9.17, 15) is 22.8 Å². The van der Waals surface area contributed by atoms with Crippen LogP contribution in [-0.4, -0.2) is 34.6 Å². The summed E-state index contributed by atoms with van der Waals surface area (Å²) in [4.78, 5) is 22.2. The van der Waals surface area contributed by atoms with Gasteiger partial charge in [0.2, 0.25) is 5.91 Å². The van der Waals surface area contributed by atoms with Crippen molar-refractivity contribution in [2.45, 2.75) is 19.1 Å². The molecule has 0 aliphatic rings. The minimum atomic E-state index is -4.75. The largest absolute Gasteiger partial charge is 0.480 e. The predicted octanol–water partition coefficient (Wildman–Crippen LogP) is 2.22. The Bertz CT molecular complexity index is 459. The number of carbonyl (C=O) groups excluding carboxylic acids is 1. The van der Waals surface area contributed by atoms with Crippen LogP contribution in [0.15, 0.2) is 30.3 Å². The Balaban J connectivity index is 3.22. The van der Waals surface area contributed by atoms with Crippen molar-refractivity contribution in [2.75, 3.05) is 6.54 Å². The van der Waals surface area contributed by atoms with E-state index >= 15 is 0 Å². The molecule has 7 heteroatoms. The second-order valence-corrected chi connectivity index (χ2v) is 3.90. The zero-order chi connectivity index (χ0) is 14.6. The average Bonchev–Trinajstić information content (AvgIpc) is 2.27. The van der Waals surface area contributed by atoms with Crippen LogP contribution in [0.25, 0.3) is 0 Å². The van der Waals surface area contributed by atoms with E-state index in [4.69, 9.17) is 5.11 Å². The molecule has 19 heavy (non-hydrogen) atoms. The topological polar surface area (TPSA) is 57.6 Å². The molecule has 104 valence electrons. The number of hydrogen-bond donors (Lipinski definition) is 1. The average molecular weight is 275 g/mol. The molecule has 1 amide bonds.